The van der Waals surface area contributed by atoms with E-state index in [9.17, 15) is 27.5 Å². The lowest BCUT2D eigenvalue weighted by Gasteiger charge is -2.35. The summed E-state index contributed by atoms with van der Waals surface area (Å²) in [6.45, 7) is 0. The van der Waals surface area contributed by atoms with E-state index in [-0.39, 0.29) is 5.69 Å². The van der Waals surface area contributed by atoms with Crippen molar-refractivity contribution in [3.8, 4) is 0 Å². The Bertz CT molecular complexity index is 678. The Balaban J connectivity index is 2.66. The molecule has 25 heavy (non-hydrogen) atoms. The summed E-state index contributed by atoms with van der Waals surface area (Å²) >= 11 is 9.89. The van der Waals surface area contributed by atoms with Crippen LogP contribution in [0.15, 0.2) is 12.1 Å². The molecule has 0 heterocycles. The monoisotopic (exact) mass is 402 g/mol. The summed E-state index contributed by atoms with van der Waals surface area (Å²) in [6, 6.07) is 1.57. The zero-order valence-corrected chi connectivity index (χ0v) is 14.6. The molecule has 2 amide bonds. The van der Waals surface area contributed by atoms with Gasteiger partial charge in [0.25, 0.3) is 5.13 Å². The summed E-state index contributed by atoms with van der Waals surface area (Å²) in [6.07, 6.45) is 2.56. The molecule has 0 saturated heterocycles. The fraction of sp³-hybridized carbons (Fsp3) is 0.533. The first-order chi connectivity index (χ1) is 11.4. The second kappa shape index (κ2) is 6.81. The fourth-order valence-electron chi connectivity index (χ4n) is 2.76. The van der Waals surface area contributed by atoms with Crippen LogP contribution >= 0.6 is 23.2 Å². The summed E-state index contributed by atoms with van der Waals surface area (Å²) in [4.78, 5) is 11.7. The van der Waals surface area contributed by atoms with Gasteiger partial charge in [0.05, 0.1) is 5.69 Å². The maximum absolute atomic E-state index is 14.9. The van der Waals surface area contributed by atoms with Crippen molar-refractivity contribution in [3.05, 3.63) is 28.8 Å². The van der Waals surface area contributed by atoms with Crippen LogP contribution in [0.4, 0.5) is 28.0 Å². The number of anilines is 1. The summed E-state index contributed by atoms with van der Waals surface area (Å²) < 4.78 is 55.4. The fourth-order valence-corrected chi connectivity index (χ4v) is 3.22. The molecule has 10 heteroatoms. The van der Waals surface area contributed by atoms with Gasteiger partial charge in [0, 0.05) is 12.6 Å². The first-order valence-corrected chi connectivity index (χ1v) is 8.19. The molecule has 4 nitrogen and oxygen atoms in total. The molecule has 0 bridgehead atoms. The van der Waals surface area contributed by atoms with Crippen molar-refractivity contribution in [1.82, 2.24) is 5.32 Å². The molecular formula is C15H16Cl2F4N2O2. The predicted octanol–water partition coefficient (Wildman–Crippen LogP) is 4.17. The summed E-state index contributed by atoms with van der Waals surface area (Å²) in [7, 11) is 1.28. The highest BCUT2D eigenvalue weighted by Crippen LogP contribution is 2.54. The van der Waals surface area contributed by atoms with Gasteiger partial charge in [0.15, 0.2) is 0 Å². The zero-order valence-electron chi connectivity index (χ0n) is 13.1. The van der Waals surface area contributed by atoms with Gasteiger partial charge in [-0.3, -0.25) is 0 Å². The lowest BCUT2D eigenvalue weighted by molar-refractivity contribution is -0.259. The average Bonchev–Trinajstić information content (AvgIpc) is 2.53. The van der Waals surface area contributed by atoms with Crippen LogP contribution in [-0.2, 0) is 18.0 Å². The molecule has 140 valence electrons. The third-order valence-corrected chi connectivity index (χ3v) is 4.83. The van der Waals surface area contributed by atoms with E-state index in [1.807, 2.05) is 0 Å². The number of hydrogen-bond acceptors (Lipinski definition) is 2. The predicted molar refractivity (Wildman–Crippen MR) is 86.7 cm³/mol. The molecule has 0 aromatic heterocycles. The van der Waals surface area contributed by atoms with E-state index >= 15 is 0 Å². The summed E-state index contributed by atoms with van der Waals surface area (Å²) in [5.74, 6) is -4.93. The van der Waals surface area contributed by atoms with E-state index in [2.05, 4.69) is 22.2 Å². The van der Waals surface area contributed by atoms with Gasteiger partial charge >= 0.3 is 17.3 Å². The van der Waals surface area contributed by atoms with Gasteiger partial charge in [-0.05, 0) is 48.4 Å². The van der Waals surface area contributed by atoms with Crippen LogP contribution in [0, 0.1) is 0 Å². The molecule has 1 aromatic carbocycles. The normalized spacial score (nSPS) is 19.4. The van der Waals surface area contributed by atoms with Gasteiger partial charge in [-0.15, -0.1) is 0 Å². The van der Waals surface area contributed by atoms with E-state index in [1.54, 1.807) is 0 Å². The molecule has 1 aliphatic rings. The number of aliphatic hydroxyl groups is 1. The van der Waals surface area contributed by atoms with Crippen molar-refractivity contribution in [3.63, 3.8) is 0 Å². The maximum atomic E-state index is 14.9. The van der Waals surface area contributed by atoms with Crippen molar-refractivity contribution in [2.75, 3.05) is 12.4 Å². The Morgan fingerprint density at radius 2 is 1.76 bits per heavy atom. The number of nitrogens with one attached hydrogen (secondary N) is 2. The lowest BCUT2D eigenvalue weighted by atomic mass is 9.86. The summed E-state index contributed by atoms with van der Waals surface area (Å²) in [5, 5.41) is 4.75. The molecule has 3 N–H and O–H groups in total. The Kier molecular flexibility index (Phi) is 5.47. The van der Waals surface area contributed by atoms with Crippen molar-refractivity contribution in [2.24, 2.45) is 0 Å². The van der Waals surface area contributed by atoms with Gasteiger partial charge in [0.1, 0.15) is 0 Å². The van der Waals surface area contributed by atoms with Crippen LogP contribution in [0.2, 0.25) is 0 Å². The Morgan fingerprint density at radius 1 is 1.16 bits per heavy atom. The number of fused-ring (bicyclic) bond motifs is 1. The van der Waals surface area contributed by atoms with Crippen molar-refractivity contribution >= 4 is 34.9 Å². The smallest absolute Gasteiger partial charge is 0.352 e. The third-order valence-electron chi connectivity index (χ3n) is 4.13. The van der Waals surface area contributed by atoms with Crippen LogP contribution < -0.4 is 10.6 Å². The van der Waals surface area contributed by atoms with Crippen LogP contribution in [0.5, 0.6) is 0 Å². The second-order valence-electron chi connectivity index (χ2n) is 5.73. The molecule has 2 unspecified atom stereocenters. The molecule has 1 aliphatic carbocycles. The van der Waals surface area contributed by atoms with E-state index in [4.69, 9.17) is 11.6 Å². The van der Waals surface area contributed by atoms with Crippen LogP contribution in [0.1, 0.15) is 29.5 Å². The molecule has 2 atom stereocenters. The van der Waals surface area contributed by atoms with Crippen LogP contribution in [0.25, 0.3) is 0 Å². The summed E-state index contributed by atoms with van der Waals surface area (Å²) in [5.41, 5.74) is 0.0902. The highest BCUT2D eigenvalue weighted by atomic mass is 35.5. The molecule has 0 aliphatic heterocycles. The van der Waals surface area contributed by atoms with Gasteiger partial charge in [-0.1, -0.05) is 23.7 Å². The van der Waals surface area contributed by atoms with Crippen molar-refractivity contribution in [1.29, 1.82) is 0 Å². The Morgan fingerprint density at radius 3 is 2.32 bits per heavy atom. The van der Waals surface area contributed by atoms with Gasteiger partial charge in [0.2, 0.25) is 0 Å². The van der Waals surface area contributed by atoms with Gasteiger partial charge < -0.3 is 15.7 Å². The van der Waals surface area contributed by atoms with Gasteiger partial charge in [-0.25, -0.2) is 9.18 Å². The largest absolute Gasteiger partial charge is 0.384 e. The quantitative estimate of drug-likeness (QED) is 0.522. The maximum Gasteiger partial charge on any atom is 0.384 e. The number of rotatable bonds is 4. The molecule has 0 saturated carbocycles. The molecule has 0 spiro atoms. The molecule has 2 rings (SSSR count). The molecule has 1 aromatic rings. The minimum Gasteiger partial charge on any atom is -0.352 e. The minimum absolute atomic E-state index is 0.258. The Hall–Kier alpha value is -1.25. The minimum atomic E-state index is -5.01. The van der Waals surface area contributed by atoms with Crippen molar-refractivity contribution < 1.29 is 27.5 Å². The van der Waals surface area contributed by atoms with Crippen molar-refractivity contribution in [2.45, 2.75) is 42.0 Å². The molecule has 0 radical (unpaired) electrons. The second-order valence-corrected chi connectivity index (χ2v) is 6.73. The van der Waals surface area contributed by atoms with E-state index in [1.165, 1.54) is 13.1 Å². The third kappa shape index (κ3) is 3.52. The number of hydrogen-bond donors (Lipinski definition) is 3. The highest BCUT2D eigenvalue weighted by Gasteiger charge is 2.68. The molecule has 0 fully saturated rings. The van der Waals surface area contributed by atoms with E-state index in [0.717, 1.165) is 18.1 Å². The number of urea groups is 1. The molecular weight excluding hydrogens is 387 g/mol. The number of aryl methyl sites for hydroxylation is 1. The number of halogens is 6. The van der Waals surface area contributed by atoms with Crippen LogP contribution in [-0.4, -0.2) is 29.4 Å². The SMILES string of the molecule is CNC(=O)Nc1c(C(F)(Cl)C(O)(F)C(F)(F)Cl)ccc2c1CCCC2. The number of benzene rings is 1. The topological polar surface area (TPSA) is 61.4 Å². The van der Waals surface area contributed by atoms with Crippen LogP contribution in [0.3, 0.4) is 0 Å². The first kappa shape index (κ1) is 20.1. The lowest BCUT2D eigenvalue weighted by Crippen LogP contribution is -2.52. The highest BCUT2D eigenvalue weighted by molar-refractivity contribution is 6.27. The van der Waals surface area contributed by atoms with E-state index in [0.29, 0.717) is 24.8 Å². The standard InChI is InChI=1S/C15H16Cl2F4N2O2/c1-22-12(24)23-11-9-5-3-2-4-8(9)6-7-10(11)13(16,18)14(19,25)15(17,20)21/h6-7,25H,2-5H2,1H3,(H2,22,23,24). The van der Waals surface area contributed by atoms with Gasteiger partial charge in [-0.2, -0.15) is 13.2 Å². The number of carbonyl (C=O) groups excluding carboxylic acids is 1. The zero-order chi connectivity index (χ0) is 19.0. The number of carbonyl (C=O) groups is 1. The van der Waals surface area contributed by atoms with E-state index < -0.39 is 28.0 Å². The average molecular weight is 403 g/mol. The number of amides is 2. The first-order valence-electron chi connectivity index (χ1n) is 7.43. The number of alkyl halides is 6. The Labute approximate surface area is 151 Å².